The van der Waals surface area contributed by atoms with Crippen molar-refractivity contribution >= 4 is 17.6 Å². The molecule has 1 saturated heterocycles. The molecule has 1 aromatic rings. The molecule has 0 spiro atoms. The summed E-state index contributed by atoms with van der Waals surface area (Å²) in [4.78, 5) is 29.5. The van der Waals surface area contributed by atoms with Gasteiger partial charge in [-0.05, 0) is 43.4 Å². The van der Waals surface area contributed by atoms with Crippen molar-refractivity contribution in [2.75, 3.05) is 18.4 Å². The summed E-state index contributed by atoms with van der Waals surface area (Å²) in [6, 6.07) is 3.58. The summed E-state index contributed by atoms with van der Waals surface area (Å²) in [5, 5.41) is 2.55. The molecule has 2 amide bonds. The van der Waals surface area contributed by atoms with Gasteiger partial charge in [-0.15, -0.1) is 0 Å². The number of nitrogens with one attached hydrogen (secondary N) is 1. The molecule has 2 heterocycles. The number of anilines is 1. The molecule has 1 fully saturated rings. The SMILES string of the molecule is Cc1ccnc(NC(=O)C(=O)N2CCC(C)CC2)c1. The van der Waals surface area contributed by atoms with E-state index in [0.29, 0.717) is 24.8 Å². The highest BCUT2D eigenvalue weighted by Crippen LogP contribution is 2.16. The molecule has 19 heavy (non-hydrogen) atoms. The molecule has 1 aromatic heterocycles. The van der Waals surface area contributed by atoms with Gasteiger partial charge in [0.25, 0.3) is 0 Å². The fourth-order valence-electron chi connectivity index (χ4n) is 2.13. The van der Waals surface area contributed by atoms with Crippen LogP contribution in [0.2, 0.25) is 0 Å². The van der Waals surface area contributed by atoms with Crippen molar-refractivity contribution in [3.8, 4) is 0 Å². The van der Waals surface area contributed by atoms with Gasteiger partial charge in [-0.3, -0.25) is 9.59 Å². The molecule has 0 bridgehead atoms. The van der Waals surface area contributed by atoms with Crippen molar-refractivity contribution in [3.63, 3.8) is 0 Å². The summed E-state index contributed by atoms with van der Waals surface area (Å²) in [5.74, 6) is -0.0165. The Morgan fingerprint density at radius 2 is 2.05 bits per heavy atom. The van der Waals surface area contributed by atoms with Crippen LogP contribution in [0.5, 0.6) is 0 Å². The third-order valence-corrected chi connectivity index (χ3v) is 3.42. The van der Waals surface area contributed by atoms with E-state index in [9.17, 15) is 9.59 Å². The second-order valence-electron chi connectivity index (χ2n) is 5.15. The van der Waals surface area contributed by atoms with E-state index in [1.54, 1.807) is 17.2 Å². The van der Waals surface area contributed by atoms with Crippen molar-refractivity contribution in [1.82, 2.24) is 9.88 Å². The molecular formula is C14H19N3O2. The minimum atomic E-state index is -0.604. The number of pyridine rings is 1. The number of hydrogen-bond acceptors (Lipinski definition) is 3. The van der Waals surface area contributed by atoms with Crippen LogP contribution < -0.4 is 5.32 Å². The van der Waals surface area contributed by atoms with Crippen molar-refractivity contribution in [2.45, 2.75) is 26.7 Å². The standard InChI is InChI=1S/C14H19N3O2/c1-10-4-7-17(8-5-10)14(19)13(18)16-12-9-11(2)3-6-15-12/h3,6,9-10H,4-5,7-8H2,1-2H3,(H,15,16,18). The number of aromatic nitrogens is 1. The summed E-state index contributed by atoms with van der Waals surface area (Å²) in [7, 11) is 0. The van der Waals surface area contributed by atoms with E-state index in [1.807, 2.05) is 13.0 Å². The van der Waals surface area contributed by atoms with Crippen molar-refractivity contribution < 1.29 is 9.59 Å². The Morgan fingerprint density at radius 3 is 2.68 bits per heavy atom. The summed E-state index contributed by atoms with van der Waals surface area (Å²) < 4.78 is 0. The first-order valence-corrected chi connectivity index (χ1v) is 6.59. The molecule has 0 radical (unpaired) electrons. The molecule has 102 valence electrons. The molecule has 0 unspecified atom stereocenters. The molecule has 0 aromatic carbocycles. The number of nitrogens with zero attached hydrogens (tertiary/aromatic N) is 2. The quantitative estimate of drug-likeness (QED) is 0.781. The number of likely N-dealkylation sites (tertiary alicyclic amines) is 1. The predicted molar refractivity (Wildman–Crippen MR) is 72.6 cm³/mol. The maximum atomic E-state index is 12.0. The van der Waals surface area contributed by atoms with Crippen LogP contribution >= 0.6 is 0 Å². The topological polar surface area (TPSA) is 62.3 Å². The minimum Gasteiger partial charge on any atom is -0.334 e. The van der Waals surface area contributed by atoms with Gasteiger partial charge >= 0.3 is 11.8 Å². The average Bonchev–Trinajstić information content (AvgIpc) is 2.39. The third-order valence-electron chi connectivity index (χ3n) is 3.42. The number of carbonyl (C=O) groups excluding carboxylic acids is 2. The van der Waals surface area contributed by atoms with Crippen LogP contribution in [0, 0.1) is 12.8 Å². The molecule has 0 atom stereocenters. The van der Waals surface area contributed by atoms with Gasteiger partial charge in [0.15, 0.2) is 0 Å². The zero-order valence-electron chi connectivity index (χ0n) is 11.3. The lowest BCUT2D eigenvalue weighted by Gasteiger charge is -2.29. The van der Waals surface area contributed by atoms with E-state index in [-0.39, 0.29) is 0 Å². The summed E-state index contributed by atoms with van der Waals surface area (Å²) in [6.07, 6.45) is 3.53. The van der Waals surface area contributed by atoms with Gasteiger partial charge < -0.3 is 10.2 Å². The second kappa shape index (κ2) is 5.82. The van der Waals surface area contributed by atoms with Crippen LogP contribution in [0.25, 0.3) is 0 Å². The summed E-state index contributed by atoms with van der Waals surface area (Å²) in [5.41, 5.74) is 0.990. The molecule has 1 aliphatic rings. The molecule has 5 heteroatoms. The van der Waals surface area contributed by atoms with Crippen LogP contribution in [0.3, 0.4) is 0 Å². The fourth-order valence-corrected chi connectivity index (χ4v) is 2.13. The molecule has 5 nitrogen and oxygen atoms in total. The predicted octanol–water partition coefficient (Wildman–Crippen LogP) is 1.59. The second-order valence-corrected chi connectivity index (χ2v) is 5.15. The first-order chi connectivity index (χ1) is 9.06. The Hall–Kier alpha value is -1.91. The van der Waals surface area contributed by atoms with Gasteiger partial charge in [-0.2, -0.15) is 0 Å². The first kappa shape index (κ1) is 13.5. The number of rotatable bonds is 1. The van der Waals surface area contributed by atoms with Gasteiger partial charge in [-0.1, -0.05) is 6.92 Å². The van der Waals surface area contributed by atoms with Crippen LogP contribution in [0.1, 0.15) is 25.3 Å². The number of carbonyl (C=O) groups is 2. The Bertz CT molecular complexity index is 479. The smallest absolute Gasteiger partial charge is 0.315 e. The van der Waals surface area contributed by atoms with Gasteiger partial charge in [-0.25, -0.2) is 4.98 Å². The molecular weight excluding hydrogens is 242 g/mol. The molecule has 0 aliphatic carbocycles. The molecule has 0 saturated carbocycles. The third kappa shape index (κ3) is 3.53. The Labute approximate surface area is 113 Å². The Kier molecular flexibility index (Phi) is 4.14. The highest BCUT2D eigenvalue weighted by molar-refractivity contribution is 6.39. The van der Waals surface area contributed by atoms with Gasteiger partial charge in [0.05, 0.1) is 0 Å². The fraction of sp³-hybridized carbons (Fsp3) is 0.500. The van der Waals surface area contributed by atoms with Crippen LogP contribution in [0.15, 0.2) is 18.3 Å². The van der Waals surface area contributed by atoms with E-state index in [2.05, 4.69) is 17.2 Å². The highest BCUT2D eigenvalue weighted by atomic mass is 16.2. The lowest BCUT2D eigenvalue weighted by atomic mass is 9.99. The van der Waals surface area contributed by atoms with E-state index in [1.165, 1.54) is 0 Å². The van der Waals surface area contributed by atoms with Gasteiger partial charge in [0, 0.05) is 19.3 Å². The number of aryl methyl sites for hydroxylation is 1. The van der Waals surface area contributed by atoms with Crippen LogP contribution in [-0.4, -0.2) is 34.8 Å². The summed E-state index contributed by atoms with van der Waals surface area (Å²) in [6.45, 7) is 5.40. The monoisotopic (exact) mass is 261 g/mol. The molecule has 1 N–H and O–H groups in total. The highest BCUT2D eigenvalue weighted by Gasteiger charge is 2.25. The Morgan fingerprint density at radius 1 is 1.37 bits per heavy atom. The lowest BCUT2D eigenvalue weighted by Crippen LogP contribution is -2.43. The number of hydrogen-bond donors (Lipinski definition) is 1. The summed E-state index contributed by atoms with van der Waals surface area (Å²) >= 11 is 0. The van der Waals surface area contributed by atoms with Crippen LogP contribution in [-0.2, 0) is 9.59 Å². The normalized spacial score (nSPS) is 16.2. The number of piperidine rings is 1. The zero-order valence-corrected chi connectivity index (χ0v) is 11.3. The maximum Gasteiger partial charge on any atom is 0.315 e. The minimum absolute atomic E-state index is 0.420. The van der Waals surface area contributed by atoms with E-state index in [0.717, 1.165) is 18.4 Å². The van der Waals surface area contributed by atoms with Crippen LogP contribution in [0.4, 0.5) is 5.82 Å². The van der Waals surface area contributed by atoms with Crippen molar-refractivity contribution in [3.05, 3.63) is 23.9 Å². The average molecular weight is 261 g/mol. The lowest BCUT2D eigenvalue weighted by molar-refractivity contribution is -0.144. The van der Waals surface area contributed by atoms with E-state index >= 15 is 0 Å². The largest absolute Gasteiger partial charge is 0.334 e. The van der Waals surface area contributed by atoms with Gasteiger partial charge in [0.2, 0.25) is 0 Å². The Balaban J connectivity index is 1.94. The zero-order chi connectivity index (χ0) is 13.8. The molecule has 2 rings (SSSR count). The number of amides is 2. The van der Waals surface area contributed by atoms with Gasteiger partial charge in [0.1, 0.15) is 5.82 Å². The maximum absolute atomic E-state index is 12.0. The molecule has 1 aliphatic heterocycles. The first-order valence-electron chi connectivity index (χ1n) is 6.59. The van der Waals surface area contributed by atoms with E-state index in [4.69, 9.17) is 0 Å². The van der Waals surface area contributed by atoms with E-state index < -0.39 is 11.8 Å². The van der Waals surface area contributed by atoms with Crippen molar-refractivity contribution in [2.24, 2.45) is 5.92 Å². The van der Waals surface area contributed by atoms with Crippen molar-refractivity contribution in [1.29, 1.82) is 0 Å².